The predicted molar refractivity (Wildman–Crippen MR) is 66.4 cm³/mol. The summed E-state index contributed by atoms with van der Waals surface area (Å²) in [6.07, 6.45) is 3.64. The summed E-state index contributed by atoms with van der Waals surface area (Å²) in [5.41, 5.74) is 1.80. The van der Waals surface area contributed by atoms with Crippen LogP contribution in [0, 0.1) is 17.1 Å². The third-order valence-electron chi connectivity index (χ3n) is 2.67. The zero-order valence-corrected chi connectivity index (χ0v) is 10.3. The van der Waals surface area contributed by atoms with Gasteiger partial charge in [-0.1, -0.05) is 0 Å². The molecule has 0 spiro atoms. The number of hydrogen-bond acceptors (Lipinski definition) is 3. The van der Waals surface area contributed by atoms with Gasteiger partial charge in [0, 0.05) is 32.4 Å². The molecule has 4 nitrogen and oxygen atoms in total. The normalized spacial score (nSPS) is 10.1. The molecule has 5 heteroatoms. The second-order valence-electron chi connectivity index (χ2n) is 4.16. The van der Waals surface area contributed by atoms with Gasteiger partial charge in [-0.15, -0.1) is 0 Å². The fraction of sp³-hybridized carbons (Fsp3) is 0.231. The van der Waals surface area contributed by atoms with Crippen LogP contribution in [0.3, 0.4) is 0 Å². The van der Waals surface area contributed by atoms with Crippen molar-refractivity contribution in [3.63, 3.8) is 0 Å². The molecule has 0 bridgehead atoms. The van der Waals surface area contributed by atoms with Gasteiger partial charge in [0.05, 0.1) is 23.5 Å². The summed E-state index contributed by atoms with van der Waals surface area (Å²) in [6.45, 7) is 0.566. The molecule has 0 aliphatic heterocycles. The third-order valence-corrected chi connectivity index (χ3v) is 2.67. The number of rotatable bonds is 3. The molecular weight excluding hydrogens is 231 g/mol. The van der Waals surface area contributed by atoms with Crippen molar-refractivity contribution in [3.8, 4) is 6.07 Å². The van der Waals surface area contributed by atoms with Crippen LogP contribution < -0.4 is 4.90 Å². The summed E-state index contributed by atoms with van der Waals surface area (Å²) in [5.74, 6) is -0.388. The number of nitriles is 1. The van der Waals surface area contributed by atoms with Crippen LogP contribution in [0.25, 0.3) is 0 Å². The molecule has 0 saturated heterocycles. The Balaban J connectivity index is 2.19. The van der Waals surface area contributed by atoms with Crippen LogP contribution in [0.2, 0.25) is 0 Å². The molecule has 0 saturated carbocycles. The van der Waals surface area contributed by atoms with E-state index in [9.17, 15) is 4.39 Å². The van der Waals surface area contributed by atoms with E-state index in [0.717, 1.165) is 5.56 Å². The van der Waals surface area contributed by atoms with Gasteiger partial charge in [-0.25, -0.2) is 4.39 Å². The smallest absolute Gasteiger partial charge is 0.147 e. The molecule has 0 aliphatic rings. The van der Waals surface area contributed by atoms with Crippen molar-refractivity contribution in [3.05, 3.63) is 47.5 Å². The van der Waals surface area contributed by atoms with Gasteiger partial charge in [0.15, 0.2) is 0 Å². The number of aryl methyl sites for hydroxylation is 1. The van der Waals surface area contributed by atoms with E-state index >= 15 is 0 Å². The number of hydrogen-bond donors (Lipinski definition) is 0. The summed E-state index contributed by atoms with van der Waals surface area (Å²) in [6, 6.07) is 6.38. The van der Waals surface area contributed by atoms with E-state index in [2.05, 4.69) is 5.10 Å². The van der Waals surface area contributed by atoms with Crippen LogP contribution in [0.5, 0.6) is 0 Å². The van der Waals surface area contributed by atoms with E-state index in [-0.39, 0.29) is 5.82 Å². The van der Waals surface area contributed by atoms with Crippen LogP contribution in [0.1, 0.15) is 11.1 Å². The van der Waals surface area contributed by atoms with Gasteiger partial charge in [0.2, 0.25) is 0 Å². The fourth-order valence-electron chi connectivity index (χ4n) is 1.80. The average molecular weight is 244 g/mol. The first-order chi connectivity index (χ1) is 8.60. The van der Waals surface area contributed by atoms with Gasteiger partial charge in [-0.05, 0) is 18.2 Å². The van der Waals surface area contributed by atoms with Crippen molar-refractivity contribution in [2.75, 3.05) is 11.9 Å². The molecule has 2 rings (SSSR count). The summed E-state index contributed by atoms with van der Waals surface area (Å²) in [5, 5.41) is 12.8. The maximum atomic E-state index is 13.8. The average Bonchev–Trinajstić information content (AvgIpc) is 2.74. The summed E-state index contributed by atoms with van der Waals surface area (Å²) < 4.78 is 15.5. The minimum absolute atomic E-state index is 0.325. The lowest BCUT2D eigenvalue weighted by atomic mass is 10.2. The minimum atomic E-state index is -0.388. The van der Waals surface area contributed by atoms with Crippen LogP contribution in [0.15, 0.2) is 30.6 Å². The number of nitrogens with zero attached hydrogens (tertiary/aromatic N) is 4. The Morgan fingerprint density at radius 3 is 2.83 bits per heavy atom. The molecule has 0 aliphatic carbocycles. The van der Waals surface area contributed by atoms with Gasteiger partial charge >= 0.3 is 0 Å². The summed E-state index contributed by atoms with van der Waals surface area (Å²) in [7, 11) is 3.64. The molecule has 0 atom stereocenters. The van der Waals surface area contributed by atoms with Crippen molar-refractivity contribution in [2.24, 2.45) is 7.05 Å². The van der Waals surface area contributed by atoms with Crippen LogP contribution in [0.4, 0.5) is 10.1 Å². The molecule has 0 radical (unpaired) electrons. The second-order valence-corrected chi connectivity index (χ2v) is 4.16. The number of aromatic nitrogens is 2. The molecule has 0 N–H and O–H groups in total. The van der Waals surface area contributed by atoms with Crippen LogP contribution in [-0.4, -0.2) is 16.8 Å². The van der Waals surface area contributed by atoms with E-state index in [1.54, 1.807) is 35.0 Å². The molecule has 1 aromatic heterocycles. The first kappa shape index (κ1) is 12.1. The topological polar surface area (TPSA) is 44.9 Å². The fourth-order valence-corrected chi connectivity index (χ4v) is 1.80. The number of anilines is 1. The quantitative estimate of drug-likeness (QED) is 0.830. The van der Waals surface area contributed by atoms with Crippen molar-refractivity contribution >= 4 is 5.69 Å². The lowest BCUT2D eigenvalue weighted by Crippen LogP contribution is -2.17. The molecule has 0 unspecified atom stereocenters. The molecular formula is C13H13FN4. The molecule has 1 heterocycles. The Bertz CT molecular complexity index is 597. The Hall–Kier alpha value is -2.35. The van der Waals surface area contributed by atoms with Crippen molar-refractivity contribution in [1.82, 2.24) is 9.78 Å². The Kier molecular flexibility index (Phi) is 3.28. The molecule has 0 fully saturated rings. The first-order valence-electron chi connectivity index (χ1n) is 5.48. The largest absolute Gasteiger partial charge is 0.368 e. The van der Waals surface area contributed by atoms with Crippen molar-refractivity contribution < 1.29 is 4.39 Å². The van der Waals surface area contributed by atoms with E-state index in [0.29, 0.717) is 17.8 Å². The monoisotopic (exact) mass is 244 g/mol. The zero-order chi connectivity index (χ0) is 13.1. The SMILES string of the molecule is CN(Cc1cnn(C)c1)c1ccc(C#N)cc1F. The molecule has 2 aromatic rings. The summed E-state index contributed by atoms with van der Waals surface area (Å²) >= 11 is 0. The number of halogens is 1. The maximum Gasteiger partial charge on any atom is 0.147 e. The van der Waals surface area contributed by atoms with E-state index < -0.39 is 0 Å². The van der Waals surface area contributed by atoms with Gasteiger partial charge < -0.3 is 4.90 Å². The third kappa shape index (κ3) is 2.48. The van der Waals surface area contributed by atoms with Crippen LogP contribution in [-0.2, 0) is 13.6 Å². The standard InChI is InChI=1S/C13H13FN4/c1-17(8-11-7-16-18(2)9-11)13-4-3-10(6-15)5-12(13)14/h3-5,7,9H,8H2,1-2H3. The zero-order valence-electron chi connectivity index (χ0n) is 10.3. The highest BCUT2D eigenvalue weighted by atomic mass is 19.1. The molecule has 18 heavy (non-hydrogen) atoms. The van der Waals surface area contributed by atoms with Crippen molar-refractivity contribution in [2.45, 2.75) is 6.54 Å². The Labute approximate surface area is 105 Å². The van der Waals surface area contributed by atoms with Gasteiger partial charge in [-0.2, -0.15) is 10.4 Å². The Morgan fingerprint density at radius 1 is 1.50 bits per heavy atom. The highest BCUT2D eigenvalue weighted by Crippen LogP contribution is 2.20. The van der Waals surface area contributed by atoms with Gasteiger partial charge in [0.1, 0.15) is 5.82 Å². The van der Waals surface area contributed by atoms with E-state index in [1.165, 1.54) is 6.07 Å². The maximum absolute atomic E-state index is 13.8. The predicted octanol–water partition coefficient (Wildman–Crippen LogP) is 2.07. The van der Waals surface area contributed by atoms with Gasteiger partial charge in [-0.3, -0.25) is 4.68 Å². The molecule has 1 aromatic carbocycles. The van der Waals surface area contributed by atoms with Crippen LogP contribution >= 0.6 is 0 Å². The highest BCUT2D eigenvalue weighted by Gasteiger charge is 2.09. The second kappa shape index (κ2) is 4.88. The first-order valence-corrected chi connectivity index (χ1v) is 5.48. The van der Waals surface area contributed by atoms with Gasteiger partial charge in [0.25, 0.3) is 0 Å². The van der Waals surface area contributed by atoms with E-state index in [4.69, 9.17) is 5.26 Å². The lowest BCUT2D eigenvalue weighted by Gasteiger charge is -2.19. The lowest BCUT2D eigenvalue weighted by molar-refractivity contribution is 0.622. The Morgan fingerprint density at radius 2 is 2.28 bits per heavy atom. The minimum Gasteiger partial charge on any atom is -0.368 e. The highest BCUT2D eigenvalue weighted by molar-refractivity contribution is 5.50. The van der Waals surface area contributed by atoms with E-state index in [1.807, 2.05) is 19.3 Å². The molecule has 92 valence electrons. The van der Waals surface area contributed by atoms with Crippen molar-refractivity contribution in [1.29, 1.82) is 5.26 Å². The summed E-state index contributed by atoms with van der Waals surface area (Å²) in [4.78, 5) is 1.79. The number of benzene rings is 1. The molecule has 0 amide bonds.